The van der Waals surface area contributed by atoms with Crippen molar-refractivity contribution in [3.8, 4) is 0 Å². The van der Waals surface area contributed by atoms with Crippen molar-refractivity contribution in [1.82, 2.24) is 0 Å². The van der Waals surface area contributed by atoms with Crippen LogP contribution in [0.3, 0.4) is 0 Å². The molecule has 3 heterocycles. The lowest BCUT2D eigenvalue weighted by molar-refractivity contribution is 0.00578. The van der Waals surface area contributed by atoms with Gasteiger partial charge in [0.15, 0.2) is 23.3 Å². The Hall–Kier alpha value is -1.79. The van der Waals surface area contributed by atoms with Crippen LogP contribution in [-0.4, -0.2) is 42.9 Å². The van der Waals surface area contributed by atoms with Crippen LogP contribution >= 0.6 is 11.3 Å². The number of hydrogen-bond donors (Lipinski definition) is 0. The Balaban J connectivity index is 1.79. The highest BCUT2D eigenvalue weighted by Gasteiger charge is 2.55. The smallest absolute Gasteiger partial charge is 0.399 e. The largest absolute Gasteiger partial charge is 0.505 e. The molecule has 2 fully saturated rings. The molecule has 0 spiro atoms. The van der Waals surface area contributed by atoms with E-state index >= 15 is 0 Å². The summed E-state index contributed by atoms with van der Waals surface area (Å²) in [5.74, 6) is -10.4. The average Bonchev–Trinajstić information content (AvgIpc) is 3.34. The van der Waals surface area contributed by atoms with E-state index in [1.54, 1.807) is 6.07 Å². The monoisotopic (exact) mass is 529 g/mol. The van der Waals surface area contributed by atoms with E-state index in [0.717, 1.165) is 17.6 Å². The van der Waals surface area contributed by atoms with E-state index in [2.05, 4.69) is 4.99 Å². The third kappa shape index (κ3) is 4.32. The van der Waals surface area contributed by atoms with Gasteiger partial charge < -0.3 is 18.6 Å². The Bertz CT molecular complexity index is 1190. The maximum Gasteiger partial charge on any atom is 0.505 e. The lowest BCUT2D eigenvalue weighted by Gasteiger charge is -2.32. The minimum absolute atomic E-state index is 0.321. The van der Waals surface area contributed by atoms with Gasteiger partial charge in [0.1, 0.15) is 5.69 Å². The van der Waals surface area contributed by atoms with Crippen molar-refractivity contribution in [1.29, 1.82) is 0 Å². The molecule has 0 N–H and O–H groups in total. The van der Waals surface area contributed by atoms with E-state index in [0.29, 0.717) is 15.1 Å². The van der Waals surface area contributed by atoms with E-state index in [-0.39, 0.29) is 0 Å². The van der Waals surface area contributed by atoms with Crippen molar-refractivity contribution >= 4 is 47.7 Å². The molecule has 0 saturated carbocycles. The van der Waals surface area contributed by atoms with Crippen molar-refractivity contribution in [3.05, 3.63) is 40.0 Å². The van der Waals surface area contributed by atoms with Gasteiger partial charge in [-0.1, -0.05) is 6.07 Å². The van der Waals surface area contributed by atoms with Gasteiger partial charge >= 0.3 is 14.2 Å². The summed E-state index contributed by atoms with van der Waals surface area (Å²) in [6.45, 7) is 15.0. The minimum Gasteiger partial charge on any atom is -0.399 e. The van der Waals surface area contributed by atoms with Gasteiger partial charge in [-0.2, -0.15) is 0 Å². The van der Waals surface area contributed by atoms with E-state index in [4.69, 9.17) is 18.6 Å². The standard InChI is InChI=1S/C23H26B2F5NO4S/c1-20(2)21(3,4)33-24(32-20)11-9-13(25-34-22(5,6)23(7,8)35-25)36-12(11)10-31-19-17(29)15(27)14(26)16(28)18(19)30/h9-10H,1-8H3. The first-order valence-corrected chi connectivity index (χ1v) is 12.1. The number of thiophene rings is 1. The number of hydrogen-bond acceptors (Lipinski definition) is 6. The SMILES string of the molecule is CC1(C)OB(c2cc(B3OC(C)(C)C(C)(C)O3)c(C=Nc3c(F)c(F)c(F)c(F)c3F)s2)OC1(C)C. The van der Waals surface area contributed by atoms with Crippen molar-refractivity contribution < 1.29 is 40.6 Å². The minimum atomic E-state index is -2.25. The second-order valence-corrected chi connectivity index (χ2v) is 11.9. The van der Waals surface area contributed by atoms with Crippen LogP contribution in [0, 0.1) is 29.1 Å². The fourth-order valence-electron chi connectivity index (χ4n) is 3.60. The van der Waals surface area contributed by atoms with Crippen molar-refractivity contribution in [2.24, 2.45) is 4.99 Å². The van der Waals surface area contributed by atoms with Crippen LogP contribution in [0.4, 0.5) is 27.6 Å². The van der Waals surface area contributed by atoms with Crippen molar-refractivity contribution in [3.63, 3.8) is 0 Å². The van der Waals surface area contributed by atoms with Crippen molar-refractivity contribution in [2.45, 2.75) is 77.8 Å². The first-order chi connectivity index (χ1) is 16.4. The van der Waals surface area contributed by atoms with Gasteiger partial charge in [0.2, 0.25) is 5.82 Å². The van der Waals surface area contributed by atoms with Gasteiger partial charge in [-0.25, -0.2) is 26.9 Å². The summed E-state index contributed by atoms with van der Waals surface area (Å²) in [4.78, 5) is 3.96. The summed E-state index contributed by atoms with van der Waals surface area (Å²) in [6.07, 6.45) is 1.03. The summed E-state index contributed by atoms with van der Waals surface area (Å²) < 4.78 is 94.3. The Labute approximate surface area is 211 Å². The lowest BCUT2D eigenvalue weighted by atomic mass is 9.76. The van der Waals surface area contributed by atoms with E-state index in [1.165, 1.54) is 0 Å². The van der Waals surface area contributed by atoms with Crippen LogP contribution in [0.15, 0.2) is 11.1 Å². The van der Waals surface area contributed by atoms with Crippen molar-refractivity contribution in [2.75, 3.05) is 0 Å². The number of benzene rings is 1. The Morgan fingerprint density at radius 2 is 1.06 bits per heavy atom. The third-order valence-corrected chi connectivity index (χ3v) is 8.41. The molecule has 0 atom stereocenters. The first-order valence-electron chi connectivity index (χ1n) is 11.3. The summed E-state index contributed by atoms with van der Waals surface area (Å²) in [7, 11) is -1.65. The molecule has 4 rings (SSSR count). The highest BCUT2D eigenvalue weighted by Crippen LogP contribution is 2.39. The molecule has 0 unspecified atom stereocenters. The Kier molecular flexibility index (Phi) is 6.53. The molecule has 5 nitrogen and oxygen atoms in total. The van der Waals surface area contributed by atoms with Crippen LogP contribution in [0.2, 0.25) is 0 Å². The van der Waals surface area contributed by atoms with Gasteiger partial charge in [0.25, 0.3) is 0 Å². The number of aliphatic imine (C=N–C) groups is 1. The second-order valence-electron chi connectivity index (χ2n) is 10.8. The van der Waals surface area contributed by atoms with Gasteiger partial charge in [-0.15, -0.1) is 11.3 Å². The van der Waals surface area contributed by atoms with E-state index in [9.17, 15) is 22.0 Å². The number of nitrogens with zero attached hydrogens (tertiary/aromatic N) is 1. The second kappa shape index (κ2) is 8.62. The topological polar surface area (TPSA) is 49.3 Å². The quantitative estimate of drug-likeness (QED) is 0.188. The summed E-state index contributed by atoms with van der Waals surface area (Å²) in [5.41, 5.74) is -3.49. The van der Waals surface area contributed by atoms with Crippen LogP contribution < -0.4 is 10.2 Å². The van der Waals surface area contributed by atoms with Crippen LogP contribution in [0.1, 0.15) is 60.3 Å². The summed E-state index contributed by atoms with van der Waals surface area (Å²) in [5, 5.41) is 0. The molecule has 36 heavy (non-hydrogen) atoms. The zero-order chi connectivity index (χ0) is 27.0. The van der Waals surface area contributed by atoms with Gasteiger partial charge in [0, 0.05) is 21.3 Å². The average molecular weight is 529 g/mol. The number of halogens is 5. The Morgan fingerprint density at radius 1 is 0.667 bits per heavy atom. The zero-order valence-corrected chi connectivity index (χ0v) is 22.0. The molecule has 0 amide bonds. The third-order valence-electron chi connectivity index (χ3n) is 7.30. The number of rotatable bonds is 4. The molecular formula is C23H26B2F5NO4S. The lowest BCUT2D eigenvalue weighted by Crippen LogP contribution is -2.41. The highest BCUT2D eigenvalue weighted by molar-refractivity contribution is 7.25. The van der Waals surface area contributed by atoms with Crippen LogP contribution in [-0.2, 0) is 18.6 Å². The molecule has 1 aromatic carbocycles. The summed E-state index contributed by atoms with van der Waals surface area (Å²) >= 11 is 1.12. The summed E-state index contributed by atoms with van der Waals surface area (Å²) in [6, 6.07) is 1.72. The molecule has 0 bridgehead atoms. The van der Waals surface area contributed by atoms with Gasteiger partial charge in [0.05, 0.1) is 22.4 Å². The maximum absolute atomic E-state index is 14.2. The fraction of sp³-hybridized carbons (Fsp3) is 0.522. The zero-order valence-electron chi connectivity index (χ0n) is 21.2. The van der Waals surface area contributed by atoms with Gasteiger partial charge in [-0.3, -0.25) is 0 Å². The predicted molar refractivity (Wildman–Crippen MR) is 129 cm³/mol. The normalized spacial score (nSPS) is 22.2. The van der Waals surface area contributed by atoms with E-state index < -0.39 is 71.4 Å². The molecule has 13 heteroatoms. The Morgan fingerprint density at radius 3 is 1.50 bits per heavy atom. The fourth-order valence-corrected chi connectivity index (χ4v) is 4.61. The molecular weight excluding hydrogens is 503 g/mol. The van der Waals surface area contributed by atoms with Crippen LogP contribution in [0.25, 0.3) is 0 Å². The molecule has 1 aromatic heterocycles. The van der Waals surface area contributed by atoms with E-state index in [1.807, 2.05) is 55.4 Å². The molecule has 0 aliphatic carbocycles. The molecule has 2 aliphatic heterocycles. The van der Waals surface area contributed by atoms with Crippen LogP contribution in [0.5, 0.6) is 0 Å². The first kappa shape index (κ1) is 27.3. The van der Waals surface area contributed by atoms with Gasteiger partial charge in [-0.05, 0) is 55.4 Å². The molecule has 2 aromatic rings. The molecule has 2 saturated heterocycles. The predicted octanol–water partition coefficient (Wildman–Crippen LogP) is 4.79. The molecule has 0 radical (unpaired) electrons. The highest BCUT2D eigenvalue weighted by atomic mass is 32.1. The molecule has 2 aliphatic rings. The maximum atomic E-state index is 14.2. The molecule has 194 valence electrons.